The molecule has 0 aliphatic heterocycles. The van der Waals surface area contributed by atoms with Crippen LogP contribution in [-0.4, -0.2) is 49.5 Å². The first kappa shape index (κ1) is 15.8. The predicted molar refractivity (Wildman–Crippen MR) is 75.7 cm³/mol. The molecule has 0 atom stereocenters. The Hall–Kier alpha value is -1.30. The molecule has 2 N–H and O–H groups in total. The zero-order valence-electron chi connectivity index (χ0n) is 11.1. The number of aliphatic hydroxyl groups is 1. The lowest BCUT2D eigenvalue weighted by Crippen LogP contribution is -2.39. The summed E-state index contributed by atoms with van der Waals surface area (Å²) in [5, 5.41) is 12.2. The van der Waals surface area contributed by atoms with E-state index in [-0.39, 0.29) is 19.2 Å². The summed E-state index contributed by atoms with van der Waals surface area (Å²) in [6.45, 7) is 2.90. The van der Waals surface area contributed by atoms with Gasteiger partial charge >= 0.3 is 6.03 Å². The van der Waals surface area contributed by atoms with Gasteiger partial charge in [0.25, 0.3) is 0 Å². The minimum Gasteiger partial charge on any atom is -0.395 e. The monoisotopic (exact) mass is 286 g/mol. The Morgan fingerprint density at radius 2 is 2.21 bits per heavy atom. The molecular weight excluding hydrogens is 268 g/mol. The second-order valence-electron chi connectivity index (χ2n) is 4.12. The molecule has 0 aliphatic carbocycles. The van der Waals surface area contributed by atoms with Crippen molar-refractivity contribution in [2.24, 2.45) is 0 Å². The molecule has 0 aliphatic rings. The number of hydrogen-bond donors (Lipinski definition) is 2. The van der Waals surface area contributed by atoms with Crippen LogP contribution < -0.4 is 5.32 Å². The molecule has 0 aromatic heterocycles. The highest BCUT2D eigenvalue weighted by atomic mass is 35.5. The highest BCUT2D eigenvalue weighted by molar-refractivity contribution is 6.33. The van der Waals surface area contributed by atoms with E-state index in [1.807, 2.05) is 13.0 Å². The van der Waals surface area contributed by atoms with Gasteiger partial charge in [0.15, 0.2) is 0 Å². The third kappa shape index (κ3) is 5.06. The summed E-state index contributed by atoms with van der Waals surface area (Å²) >= 11 is 6.05. The number of halogens is 1. The second-order valence-corrected chi connectivity index (χ2v) is 4.52. The molecule has 0 bridgehead atoms. The van der Waals surface area contributed by atoms with Crippen molar-refractivity contribution in [1.29, 1.82) is 0 Å². The van der Waals surface area contributed by atoms with Crippen LogP contribution in [-0.2, 0) is 4.74 Å². The van der Waals surface area contributed by atoms with Crippen molar-refractivity contribution in [3.63, 3.8) is 0 Å². The number of nitrogens with zero attached hydrogens (tertiary/aromatic N) is 1. The first-order chi connectivity index (χ1) is 9.08. The Labute approximate surface area is 118 Å². The van der Waals surface area contributed by atoms with Crippen molar-refractivity contribution in [2.45, 2.75) is 6.92 Å². The average Bonchev–Trinajstić information content (AvgIpc) is 2.37. The summed E-state index contributed by atoms with van der Waals surface area (Å²) in [6.07, 6.45) is 0. The molecule has 2 amide bonds. The van der Waals surface area contributed by atoms with Crippen molar-refractivity contribution in [1.82, 2.24) is 4.90 Å². The van der Waals surface area contributed by atoms with Crippen LogP contribution in [0, 0.1) is 6.92 Å². The summed E-state index contributed by atoms with van der Waals surface area (Å²) in [6, 6.07) is 5.09. The quantitative estimate of drug-likeness (QED) is 0.842. The number of methoxy groups -OCH3 is 1. The molecular formula is C13H19ClN2O3. The van der Waals surface area contributed by atoms with Gasteiger partial charge in [0.1, 0.15) is 0 Å². The van der Waals surface area contributed by atoms with Crippen LogP contribution in [0.3, 0.4) is 0 Å². The lowest BCUT2D eigenvalue weighted by atomic mass is 10.2. The van der Waals surface area contributed by atoms with Crippen molar-refractivity contribution in [2.75, 3.05) is 38.7 Å². The Morgan fingerprint density at radius 1 is 1.47 bits per heavy atom. The second kappa shape index (κ2) is 7.99. The van der Waals surface area contributed by atoms with Crippen molar-refractivity contribution in [3.05, 3.63) is 28.8 Å². The number of carbonyl (C=O) groups is 1. The van der Waals surface area contributed by atoms with E-state index in [1.54, 1.807) is 19.2 Å². The van der Waals surface area contributed by atoms with Crippen molar-refractivity contribution >= 4 is 23.3 Å². The van der Waals surface area contributed by atoms with E-state index < -0.39 is 0 Å². The molecule has 1 aromatic rings. The lowest BCUT2D eigenvalue weighted by Gasteiger charge is -2.22. The van der Waals surface area contributed by atoms with E-state index in [2.05, 4.69) is 5.32 Å². The zero-order chi connectivity index (χ0) is 14.3. The van der Waals surface area contributed by atoms with Gasteiger partial charge in [0, 0.05) is 20.2 Å². The van der Waals surface area contributed by atoms with Crippen LogP contribution in [0.25, 0.3) is 0 Å². The average molecular weight is 287 g/mol. The van der Waals surface area contributed by atoms with Gasteiger partial charge < -0.3 is 20.1 Å². The van der Waals surface area contributed by atoms with Crippen LogP contribution in [0.2, 0.25) is 5.02 Å². The molecule has 1 aromatic carbocycles. The first-order valence-electron chi connectivity index (χ1n) is 6.00. The van der Waals surface area contributed by atoms with Gasteiger partial charge in [-0.15, -0.1) is 0 Å². The normalized spacial score (nSPS) is 10.3. The van der Waals surface area contributed by atoms with Gasteiger partial charge in [-0.1, -0.05) is 17.7 Å². The fraction of sp³-hybridized carbons (Fsp3) is 0.462. The molecule has 0 unspecified atom stereocenters. The number of carbonyl (C=O) groups excluding carboxylic acids is 1. The van der Waals surface area contributed by atoms with E-state index in [1.165, 1.54) is 4.90 Å². The highest BCUT2D eigenvalue weighted by Crippen LogP contribution is 2.22. The molecule has 0 radical (unpaired) electrons. The first-order valence-corrected chi connectivity index (χ1v) is 6.38. The summed E-state index contributed by atoms with van der Waals surface area (Å²) < 4.78 is 4.93. The topological polar surface area (TPSA) is 61.8 Å². The number of hydrogen-bond acceptors (Lipinski definition) is 3. The number of urea groups is 1. The van der Waals surface area contributed by atoms with Gasteiger partial charge in [-0.25, -0.2) is 4.79 Å². The third-order valence-corrected chi connectivity index (χ3v) is 2.90. The summed E-state index contributed by atoms with van der Waals surface area (Å²) in [5.41, 5.74) is 1.58. The predicted octanol–water partition coefficient (Wildman–Crippen LogP) is 2.12. The van der Waals surface area contributed by atoms with E-state index in [0.717, 1.165) is 5.56 Å². The molecule has 0 saturated carbocycles. The van der Waals surface area contributed by atoms with Crippen LogP contribution in [0.1, 0.15) is 5.56 Å². The number of ether oxygens (including phenoxy) is 1. The maximum absolute atomic E-state index is 12.0. The number of anilines is 1. The highest BCUT2D eigenvalue weighted by Gasteiger charge is 2.14. The molecule has 0 saturated heterocycles. The fourth-order valence-corrected chi connectivity index (χ4v) is 1.84. The standard InChI is InChI=1S/C13H19ClN2O3/c1-10-3-4-12(11(14)9-10)15-13(18)16(5-7-17)6-8-19-2/h3-4,9,17H,5-8H2,1-2H3,(H,15,18). The molecule has 0 fully saturated rings. The van der Waals surface area contributed by atoms with Crippen LogP contribution >= 0.6 is 11.6 Å². The number of nitrogens with one attached hydrogen (secondary N) is 1. The van der Waals surface area contributed by atoms with Gasteiger partial charge in [0.2, 0.25) is 0 Å². The number of rotatable bonds is 6. The van der Waals surface area contributed by atoms with Gasteiger partial charge in [-0.3, -0.25) is 0 Å². The van der Waals surface area contributed by atoms with E-state index in [9.17, 15) is 4.79 Å². The number of amides is 2. The SMILES string of the molecule is COCCN(CCO)C(=O)Nc1ccc(C)cc1Cl. The minimum atomic E-state index is -0.308. The Balaban J connectivity index is 2.69. The van der Waals surface area contributed by atoms with Gasteiger partial charge in [-0.05, 0) is 24.6 Å². The van der Waals surface area contributed by atoms with Crippen molar-refractivity contribution < 1.29 is 14.6 Å². The minimum absolute atomic E-state index is 0.0984. The van der Waals surface area contributed by atoms with E-state index >= 15 is 0 Å². The number of aliphatic hydroxyl groups excluding tert-OH is 1. The fourth-order valence-electron chi connectivity index (χ4n) is 1.55. The molecule has 19 heavy (non-hydrogen) atoms. The summed E-state index contributed by atoms with van der Waals surface area (Å²) in [7, 11) is 1.56. The molecule has 106 valence electrons. The lowest BCUT2D eigenvalue weighted by molar-refractivity contribution is 0.142. The van der Waals surface area contributed by atoms with Gasteiger partial charge in [-0.2, -0.15) is 0 Å². The largest absolute Gasteiger partial charge is 0.395 e. The smallest absolute Gasteiger partial charge is 0.322 e. The van der Waals surface area contributed by atoms with Crippen molar-refractivity contribution in [3.8, 4) is 0 Å². The third-order valence-electron chi connectivity index (χ3n) is 2.59. The van der Waals surface area contributed by atoms with E-state index in [4.69, 9.17) is 21.4 Å². The van der Waals surface area contributed by atoms with Gasteiger partial charge in [0.05, 0.1) is 23.9 Å². The molecule has 0 heterocycles. The van der Waals surface area contributed by atoms with E-state index in [0.29, 0.717) is 23.9 Å². The number of aryl methyl sites for hydroxylation is 1. The molecule has 6 heteroatoms. The molecule has 0 spiro atoms. The summed E-state index contributed by atoms with van der Waals surface area (Å²) in [4.78, 5) is 13.5. The summed E-state index contributed by atoms with van der Waals surface area (Å²) in [5.74, 6) is 0. The number of benzene rings is 1. The Bertz CT molecular complexity index is 426. The zero-order valence-corrected chi connectivity index (χ0v) is 11.9. The van der Waals surface area contributed by atoms with Crippen LogP contribution in [0.15, 0.2) is 18.2 Å². The maximum Gasteiger partial charge on any atom is 0.322 e. The Kier molecular flexibility index (Phi) is 6.62. The van der Waals surface area contributed by atoms with Crippen LogP contribution in [0.5, 0.6) is 0 Å². The van der Waals surface area contributed by atoms with Crippen LogP contribution in [0.4, 0.5) is 10.5 Å². The molecule has 1 rings (SSSR count). The maximum atomic E-state index is 12.0. The Morgan fingerprint density at radius 3 is 2.79 bits per heavy atom. The molecule has 5 nitrogen and oxygen atoms in total.